The second-order valence-electron chi connectivity index (χ2n) is 2.11. The van der Waals surface area contributed by atoms with E-state index in [1.165, 1.54) is 0 Å². The van der Waals surface area contributed by atoms with Gasteiger partial charge in [0.2, 0.25) is 0 Å². The average molecular weight is 134 g/mol. The first kappa shape index (κ1) is 6.87. The zero-order valence-corrected chi connectivity index (χ0v) is 5.66. The molecule has 0 saturated heterocycles. The number of hydrogen-bond acceptors (Lipinski definition) is 2. The number of phenols is 1. The summed E-state index contributed by atoms with van der Waals surface area (Å²) in [7, 11) is 1.71. The van der Waals surface area contributed by atoms with Crippen LogP contribution in [0.4, 0.5) is 0 Å². The lowest BCUT2D eigenvalue weighted by Gasteiger charge is -1.98. The molecule has 0 radical (unpaired) electrons. The minimum Gasteiger partial charge on any atom is -0.509 e. The summed E-state index contributed by atoms with van der Waals surface area (Å²) in [6.07, 6.45) is 0.731. The molecule has 2 nitrogen and oxygen atoms in total. The van der Waals surface area contributed by atoms with Gasteiger partial charge in [0.15, 0.2) is 0 Å². The Morgan fingerprint density at radius 3 is 2.70 bits per heavy atom. The van der Waals surface area contributed by atoms with Gasteiger partial charge in [-0.3, -0.25) is 4.79 Å². The number of carbonyl (C=O) groups excluding carboxylic acids is 1. The van der Waals surface area contributed by atoms with Crippen LogP contribution in [-0.4, -0.2) is 19.2 Å². The number of aldehydes is 1. The third-order valence-corrected chi connectivity index (χ3v) is 1.47. The zero-order chi connectivity index (χ0) is 7.56. The van der Waals surface area contributed by atoms with Crippen molar-refractivity contribution < 1.29 is 9.90 Å². The van der Waals surface area contributed by atoms with Gasteiger partial charge in [-0.25, -0.2) is 0 Å². The Bertz CT molecular complexity index is 258. The number of aromatic hydroxyl groups is 1. The molecule has 0 heterocycles. The summed E-state index contributed by atoms with van der Waals surface area (Å²) in [4.78, 5) is 10.3. The Hall–Kier alpha value is -1.25. The van der Waals surface area contributed by atoms with Gasteiger partial charge in [0.05, 0.1) is 0 Å². The summed E-state index contributed by atoms with van der Waals surface area (Å²) in [6, 6.07) is 4.87. The standard InChI is InChI=1S/C7H7BO2/c8-7-5(4-9)2-1-3-6(7)10/h1-4,10H,8H2. The van der Waals surface area contributed by atoms with Crippen molar-refractivity contribution in [1.82, 2.24) is 0 Å². The van der Waals surface area contributed by atoms with Crippen molar-refractivity contribution in [3.63, 3.8) is 0 Å². The molecular weight excluding hydrogens is 127 g/mol. The van der Waals surface area contributed by atoms with E-state index in [1.807, 2.05) is 0 Å². The first-order valence-corrected chi connectivity index (χ1v) is 2.99. The highest BCUT2D eigenvalue weighted by atomic mass is 16.3. The minimum absolute atomic E-state index is 0.171. The van der Waals surface area contributed by atoms with E-state index in [9.17, 15) is 4.79 Å². The second-order valence-corrected chi connectivity index (χ2v) is 2.11. The van der Waals surface area contributed by atoms with Crippen LogP contribution in [0.1, 0.15) is 10.4 Å². The van der Waals surface area contributed by atoms with Crippen LogP contribution >= 0.6 is 0 Å². The molecule has 0 bridgehead atoms. The molecule has 1 aromatic carbocycles. The van der Waals surface area contributed by atoms with E-state index < -0.39 is 0 Å². The van der Waals surface area contributed by atoms with Crippen molar-refractivity contribution >= 4 is 19.6 Å². The molecule has 0 aliphatic rings. The van der Waals surface area contributed by atoms with E-state index in [1.54, 1.807) is 26.0 Å². The van der Waals surface area contributed by atoms with Crippen molar-refractivity contribution in [2.75, 3.05) is 0 Å². The molecular formula is C7H7BO2. The van der Waals surface area contributed by atoms with Gasteiger partial charge in [0, 0.05) is 5.56 Å². The summed E-state index contributed by atoms with van der Waals surface area (Å²) in [5.41, 5.74) is 1.18. The predicted molar refractivity (Wildman–Crippen MR) is 41.7 cm³/mol. The van der Waals surface area contributed by atoms with Crippen molar-refractivity contribution in [3.05, 3.63) is 23.8 Å². The summed E-state index contributed by atoms with van der Waals surface area (Å²) in [6.45, 7) is 0. The van der Waals surface area contributed by atoms with Crippen LogP contribution in [0.25, 0.3) is 0 Å². The molecule has 10 heavy (non-hydrogen) atoms. The molecule has 50 valence electrons. The first-order chi connectivity index (χ1) is 4.75. The maximum absolute atomic E-state index is 10.3. The number of rotatable bonds is 1. The molecule has 0 unspecified atom stereocenters. The lowest BCUT2D eigenvalue weighted by atomic mass is 9.90. The molecule has 0 spiro atoms. The van der Waals surface area contributed by atoms with Gasteiger partial charge in [-0.2, -0.15) is 0 Å². The number of carbonyl (C=O) groups is 1. The lowest BCUT2D eigenvalue weighted by Crippen LogP contribution is -2.09. The van der Waals surface area contributed by atoms with Gasteiger partial charge in [-0.15, -0.1) is 0 Å². The van der Waals surface area contributed by atoms with Crippen molar-refractivity contribution in [1.29, 1.82) is 0 Å². The molecule has 1 N–H and O–H groups in total. The summed E-state index contributed by atoms with van der Waals surface area (Å²) in [5, 5.41) is 9.07. The van der Waals surface area contributed by atoms with E-state index in [4.69, 9.17) is 5.11 Å². The highest BCUT2D eigenvalue weighted by Crippen LogP contribution is 2.03. The third kappa shape index (κ3) is 1.03. The monoisotopic (exact) mass is 134 g/mol. The van der Waals surface area contributed by atoms with Gasteiger partial charge in [0.25, 0.3) is 0 Å². The fraction of sp³-hybridized carbons (Fsp3) is 0. The van der Waals surface area contributed by atoms with Gasteiger partial charge < -0.3 is 5.11 Å². The summed E-state index contributed by atoms with van der Waals surface area (Å²) >= 11 is 0. The Balaban J connectivity index is 3.27. The van der Waals surface area contributed by atoms with Gasteiger partial charge >= 0.3 is 0 Å². The molecule has 0 atom stereocenters. The van der Waals surface area contributed by atoms with Gasteiger partial charge in [0.1, 0.15) is 19.9 Å². The average Bonchev–Trinajstić information content (AvgIpc) is 1.95. The highest BCUT2D eigenvalue weighted by molar-refractivity contribution is 6.37. The Morgan fingerprint density at radius 1 is 1.50 bits per heavy atom. The Kier molecular flexibility index (Phi) is 1.76. The predicted octanol–water partition coefficient (Wildman–Crippen LogP) is -0.537. The normalized spacial score (nSPS) is 9.20. The number of benzene rings is 1. The molecule has 0 aliphatic heterocycles. The zero-order valence-electron chi connectivity index (χ0n) is 5.66. The molecule has 0 aromatic heterocycles. The smallest absolute Gasteiger partial charge is 0.149 e. The first-order valence-electron chi connectivity index (χ1n) is 2.99. The van der Waals surface area contributed by atoms with Crippen molar-refractivity contribution in [3.8, 4) is 5.75 Å². The molecule has 1 aromatic rings. The Labute approximate surface area is 59.9 Å². The fourth-order valence-corrected chi connectivity index (χ4v) is 0.768. The van der Waals surface area contributed by atoms with E-state index in [-0.39, 0.29) is 5.75 Å². The molecule has 1 rings (SSSR count). The van der Waals surface area contributed by atoms with Crippen LogP contribution in [0.15, 0.2) is 18.2 Å². The van der Waals surface area contributed by atoms with Crippen molar-refractivity contribution in [2.45, 2.75) is 0 Å². The second kappa shape index (κ2) is 2.56. The SMILES string of the molecule is Bc1c(O)cccc1C=O. The van der Waals surface area contributed by atoms with E-state index >= 15 is 0 Å². The number of phenolic OH excluding ortho intramolecular Hbond substituents is 1. The topological polar surface area (TPSA) is 37.3 Å². The summed E-state index contributed by atoms with van der Waals surface area (Å²) < 4.78 is 0. The number of hydrogen-bond donors (Lipinski definition) is 1. The third-order valence-electron chi connectivity index (χ3n) is 1.47. The van der Waals surface area contributed by atoms with E-state index in [2.05, 4.69) is 0 Å². The van der Waals surface area contributed by atoms with Crippen LogP contribution in [0.3, 0.4) is 0 Å². The van der Waals surface area contributed by atoms with Crippen LogP contribution in [0.2, 0.25) is 0 Å². The van der Waals surface area contributed by atoms with Crippen LogP contribution in [0.5, 0.6) is 5.75 Å². The maximum atomic E-state index is 10.3. The lowest BCUT2D eigenvalue weighted by molar-refractivity contribution is 0.112. The van der Waals surface area contributed by atoms with Crippen LogP contribution in [-0.2, 0) is 0 Å². The largest absolute Gasteiger partial charge is 0.509 e. The van der Waals surface area contributed by atoms with Gasteiger partial charge in [-0.05, 0) is 11.5 Å². The Morgan fingerprint density at radius 2 is 2.20 bits per heavy atom. The van der Waals surface area contributed by atoms with Gasteiger partial charge in [-0.1, -0.05) is 12.1 Å². The highest BCUT2D eigenvalue weighted by Gasteiger charge is 1.98. The molecule has 0 fully saturated rings. The molecule has 0 amide bonds. The van der Waals surface area contributed by atoms with Crippen LogP contribution < -0.4 is 5.46 Å². The van der Waals surface area contributed by atoms with Crippen molar-refractivity contribution in [2.24, 2.45) is 0 Å². The molecule has 3 heteroatoms. The quantitative estimate of drug-likeness (QED) is 0.413. The van der Waals surface area contributed by atoms with E-state index in [0.717, 1.165) is 6.29 Å². The van der Waals surface area contributed by atoms with E-state index in [0.29, 0.717) is 11.0 Å². The maximum Gasteiger partial charge on any atom is 0.149 e. The molecule has 0 saturated carbocycles. The summed E-state index contributed by atoms with van der Waals surface area (Å²) in [5.74, 6) is 0.171. The fourth-order valence-electron chi connectivity index (χ4n) is 0.768. The minimum atomic E-state index is 0.171. The molecule has 0 aliphatic carbocycles. The van der Waals surface area contributed by atoms with Crippen LogP contribution in [0, 0.1) is 0 Å².